The van der Waals surface area contributed by atoms with Gasteiger partial charge in [0.1, 0.15) is 0 Å². The summed E-state index contributed by atoms with van der Waals surface area (Å²) < 4.78 is 5.12. The Labute approximate surface area is 75.8 Å². The molecule has 12 heavy (non-hydrogen) atoms. The van der Waals surface area contributed by atoms with Gasteiger partial charge in [-0.05, 0) is 31.6 Å². The Bertz CT molecular complexity index is 126. The molecule has 0 radical (unpaired) electrons. The molecule has 0 saturated carbocycles. The number of ether oxygens (including phenoxy) is 1. The highest BCUT2D eigenvalue weighted by Crippen LogP contribution is 2.15. The summed E-state index contributed by atoms with van der Waals surface area (Å²) >= 11 is 0. The maximum Gasteiger partial charge on any atom is 0.0812 e. The van der Waals surface area contributed by atoms with Gasteiger partial charge in [0.2, 0.25) is 0 Å². The maximum absolute atomic E-state index is 5.12. The molecule has 0 bridgehead atoms. The first-order chi connectivity index (χ1) is 5.79. The van der Waals surface area contributed by atoms with Crippen molar-refractivity contribution in [2.75, 3.05) is 6.61 Å². The molecule has 1 heteroatoms. The highest BCUT2D eigenvalue weighted by molar-refractivity contribution is 4.84. The Hall–Kier alpha value is -0.300. The van der Waals surface area contributed by atoms with Gasteiger partial charge in [-0.25, -0.2) is 0 Å². The smallest absolute Gasteiger partial charge is 0.0812 e. The number of epoxide rings is 1. The van der Waals surface area contributed by atoms with Gasteiger partial charge in [-0.2, -0.15) is 0 Å². The third-order valence-electron chi connectivity index (χ3n) is 2.14. The van der Waals surface area contributed by atoms with Gasteiger partial charge >= 0.3 is 0 Å². The van der Waals surface area contributed by atoms with Crippen LogP contribution in [0.5, 0.6) is 0 Å². The zero-order valence-corrected chi connectivity index (χ0v) is 8.25. The zero-order chi connectivity index (χ0) is 8.81. The predicted octanol–water partition coefficient (Wildman–Crippen LogP) is 3.16. The summed E-state index contributed by atoms with van der Waals surface area (Å²) in [5, 5.41) is 0. The molecule has 1 saturated heterocycles. The van der Waals surface area contributed by atoms with Crippen LogP contribution in [0.2, 0.25) is 0 Å². The number of hydrogen-bond acceptors (Lipinski definition) is 1. The van der Waals surface area contributed by atoms with Crippen LogP contribution in [0.4, 0.5) is 0 Å². The number of rotatable bonds is 6. The van der Waals surface area contributed by atoms with Gasteiger partial charge in [0, 0.05) is 0 Å². The van der Waals surface area contributed by atoms with Crippen LogP contribution < -0.4 is 0 Å². The van der Waals surface area contributed by atoms with Gasteiger partial charge in [-0.3, -0.25) is 0 Å². The first kappa shape index (κ1) is 9.79. The van der Waals surface area contributed by atoms with E-state index in [1.807, 2.05) is 0 Å². The predicted molar refractivity (Wildman–Crippen MR) is 52.2 cm³/mol. The second kappa shape index (κ2) is 5.36. The van der Waals surface area contributed by atoms with Crippen LogP contribution in [0.3, 0.4) is 0 Å². The molecule has 1 rings (SSSR count). The zero-order valence-electron chi connectivity index (χ0n) is 8.25. The van der Waals surface area contributed by atoms with Crippen LogP contribution in [0.25, 0.3) is 0 Å². The van der Waals surface area contributed by atoms with E-state index < -0.39 is 0 Å². The Morgan fingerprint density at radius 3 is 2.58 bits per heavy atom. The van der Waals surface area contributed by atoms with Crippen LogP contribution in [-0.2, 0) is 4.74 Å². The van der Waals surface area contributed by atoms with E-state index in [0.29, 0.717) is 6.10 Å². The molecule has 1 unspecified atom stereocenters. The molecule has 1 fully saturated rings. The van der Waals surface area contributed by atoms with Gasteiger partial charge in [0.25, 0.3) is 0 Å². The average molecular weight is 168 g/mol. The number of hydrogen-bond donors (Lipinski definition) is 0. The minimum atomic E-state index is 0.597. The molecule has 1 heterocycles. The van der Waals surface area contributed by atoms with Gasteiger partial charge < -0.3 is 4.74 Å². The van der Waals surface area contributed by atoms with E-state index in [0.717, 1.165) is 12.5 Å². The van der Waals surface area contributed by atoms with Crippen molar-refractivity contribution in [1.82, 2.24) is 0 Å². The molecule has 0 aromatic carbocycles. The van der Waals surface area contributed by atoms with Crippen molar-refractivity contribution in [3.05, 3.63) is 12.2 Å². The Morgan fingerprint density at radius 1 is 1.33 bits per heavy atom. The van der Waals surface area contributed by atoms with E-state index in [-0.39, 0.29) is 0 Å². The lowest BCUT2D eigenvalue weighted by Gasteiger charge is -1.98. The van der Waals surface area contributed by atoms with Crippen molar-refractivity contribution in [3.8, 4) is 0 Å². The molecule has 1 atom stereocenters. The lowest BCUT2D eigenvalue weighted by molar-refractivity contribution is 0.398. The van der Waals surface area contributed by atoms with E-state index in [9.17, 15) is 0 Å². The topological polar surface area (TPSA) is 12.5 Å². The monoisotopic (exact) mass is 168 g/mol. The fourth-order valence-electron chi connectivity index (χ4n) is 1.18. The van der Waals surface area contributed by atoms with Crippen LogP contribution in [-0.4, -0.2) is 12.7 Å². The van der Waals surface area contributed by atoms with Gasteiger partial charge in [0.15, 0.2) is 0 Å². The average Bonchev–Trinajstić information content (AvgIpc) is 2.79. The van der Waals surface area contributed by atoms with Gasteiger partial charge in [-0.15, -0.1) is 0 Å². The van der Waals surface area contributed by atoms with Crippen molar-refractivity contribution in [2.45, 2.75) is 45.6 Å². The second-order valence-corrected chi connectivity index (χ2v) is 3.98. The molecular weight excluding hydrogens is 148 g/mol. The van der Waals surface area contributed by atoms with E-state index in [4.69, 9.17) is 4.74 Å². The minimum absolute atomic E-state index is 0.597. The molecular formula is C11H20O. The summed E-state index contributed by atoms with van der Waals surface area (Å²) in [6.45, 7) is 5.54. The maximum atomic E-state index is 5.12. The highest BCUT2D eigenvalue weighted by atomic mass is 16.6. The fourth-order valence-corrected chi connectivity index (χ4v) is 1.18. The third-order valence-corrected chi connectivity index (χ3v) is 2.14. The van der Waals surface area contributed by atoms with E-state index in [2.05, 4.69) is 26.0 Å². The molecule has 0 spiro atoms. The standard InChI is InChI=1S/C11H20O/c1-10(2)7-5-3-4-6-8-11-9-12-11/h3-4,10-11H,5-9H2,1-2H3/b4-3+. The summed E-state index contributed by atoms with van der Waals surface area (Å²) in [6, 6.07) is 0. The van der Waals surface area contributed by atoms with Crippen molar-refractivity contribution < 1.29 is 4.74 Å². The van der Waals surface area contributed by atoms with Crippen LogP contribution in [0.1, 0.15) is 39.5 Å². The lowest BCUT2D eigenvalue weighted by Crippen LogP contribution is -1.84. The largest absolute Gasteiger partial charge is 0.373 e. The molecule has 0 aromatic rings. The third kappa shape index (κ3) is 5.36. The second-order valence-electron chi connectivity index (χ2n) is 3.98. The molecule has 70 valence electrons. The highest BCUT2D eigenvalue weighted by Gasteiger charge is 2.20. The Morgan fingerprint density at radius 2 is 2.00 bits per heavy atom. The normalized spacial score (nSPS) is 22.4. The molecule has 1 aliphatic heterocycles. The summed E-state index contributed by atoms with van der Waals surface area (Å²) in [5.74, 6) is 0.835. The quantitative estimate of drug-likeness (QED) is 0.438. The molecule has 1 nitrogen and oxygen atoms in total. The summed E-state index contributed by atoms with van der Waals surface area (Å²) in [7, 11) is 0. The Balaban J connectivity index is 1.83. The minimum Gasteiger partial charge on any atom is -0.373 e. The van der Waals surface area contributed by atoms with Crippen LogP contribution in [0.15, 0.2) is 12.2 Å². The molecule has 0 aliphatic carbocycles. The van der Waals surface area contributed by atoms with Gasteiger partial charge in [0.05, 0.1) is 12.7 Å². The van der Waals surface area contributed by atoms with Crippen LogP contribution in [0, 0.1) is 5.92 Å². The summed E-state index contributed by atoms with van der Waals surface area (Å²) in [6.07, 6.45) is 10.2. The molecule has 0 aromatic heterocycles. The molecule has 0 N–H and O–H groups in total. The molecule has 1 aliphatic rings. The van der Waals surface area contributed by atoms with E-state index >= 15 is 0 Å². The van der Waals surface area contributed by atoms with Crippen molar-refractivity contribution >= 4 is 0 Å². The first-order valence-corrected chi connectivity index (χ1v) is 5.05. The van der Waals surface area contributed by atoms with Crippen molar-refractivity contribution in [3.63, 3.8) is 0 Å². The summed E-state index contributed by atoms with van der Waals surface area (Å²) in [4.78, 5) is 0. The molecule has 0 amide bonds. The van der Waals surface area contributed by atoms with Crippen LogP contribution >= 0.6 is 0 Å². The Kier molecular flexibility index (Phi) is 4.37. The first-order valence-electron chi connectivity index (χ1n) is 5.05. The van der Waals surface area contributed by atoms with Crippen molar-refractivity contribution in [2.24, 2.45) is 5.92 Å². The van der Waals surface area contributed by atoms with Gasteiger partial charge in [-0.1, -0.05) is 26.0 Å². The van der Waals surface area contributed by atoms with E-state index in [1.54, 1.807) is 0 Å². The summed E-state index contributed by atoms with van der Waals surface area (Å²) in [5.41, 5.74) is 0. The van der Waals surface area contributed by atoms with E-state index in [1.165, 1.54) is 25.7 Å². The lowest BCUT2D eigenvalue weighted by atomic mass is 10.1. The number of allylic oxidation sites excluding steroid dienone is 2. The SMILES string of the molecule is CC(C)CC/C=C/CCC1CO1. The fraction of sp³-hybridized carbons (Fsp3) is 0.818. The van der Waals surface area contributed by atoms with Crippen molar-refractivity contribution in [1.29, 1.82) is 0 Å².